The number of hydrogen-bond donors (Lipinski definition) is 2. The summed E-state index contributed by atoms with van der Waals surface area (Å²) in [4.78, 5) is 25.4. The van der Waals surface area contributed by atoms with Gasteiger partial charge in [0.05, 0.1) is 11.4 Å². The average molecular weight is 364 g/mol. The minimum Gasteiger partial charge on any atom is -0.480 e. The van der Waals surface area contributed by atoms with E-state index in [0.717, 1.165) is 0 Å². The Hall–Kier alpha value is -2.37. The molecular formula is C17H20N2O5S. The summed E-state index contributed by atoms with van der Waals surface area (Å²) in [6.07, 6.45) is 6.13. The van der Waals surface area contributed by atoms with Gasteiger partial charge < -0.3 is 10.0 Å². The van der Waals surface area contributed by atoms with E-state index in [1.807, 2.05) is 6.92 Å². The van der Waals surface area contributed by atoms with E-state index < -0.39 is 27.9 Å². The number of carbonyl (C=O) groups excluding carboxylic acids is 1. The number of aliphatic carboxylic acids is 1. The van der Waals surface area contributed by atoms with Crippen molar-refractivity contribution in [1.82, 2.24) is 9.62 Å². The van der Waals surface area contributed by atoms with Crippen molar-refractivity contribution in [3.05, 3.63) is 29.8 Å². The zero-order valence-corrected chi connectivity index (χ0v) is 14.6. The molecule has 0 aliphatic carbocycles. The van der Waals surface area contributed by atoms with Crippen molar-refractivity contribution in [3.63, 3.8) is 0 Å². The molecular weight excluding hydrogens is 344 g/mol. The van der Waals surface area contributed by atoms with Gasteiger partial charge in [-0.1, -0.05) is 18.9 Å². The Labute approximate surface area is 147 Å². The van der Waals surface area contributed by atoms with Crippen molar-refractivity contribution in [3.8, 4) is 12.3 Å². The molecule has 1 heterocycles. The van der Waals surface area contributed by atoms with Gasteiger partial charge in [0.15, 0.2) is 0 Å². The summed E-state index contributed by atoms with van der Waals surface area (Å²) in [7, 11) is -3.83. The second-order valence-corrected chi connectivity index (χ2v) is 7.81. The van der Waals surface area contributed by atoms with Gasteiger partial charge in [-0.15, -0.1) is 6.42 Å². The Morgan fingerprint density at radius 3 is 2.80 bits per heavy atom. The molecule has 25 heavy (non-hydrogen) atoms. The predicted molar refractivity (Wildman–Crippen MR) is 91.3 cm³/mol. The molecule has 1 aromatic carbocycles. The van der Waals surface area contributed by atoms with Crippen LogP contribution < -0.4 is 4.72 Å². The van der Waals surface area contributed by atoms with E-state index in [4.69, 9.17) is 6.42 Å². The third-order valence-electron chi connectivity index (χ3n) is 4.17. The molecule has 7 nitrogen and oxygen atoms in total. The van der Waals surface area contributed by atoms with Gasteiger partial charge in [-0.3, -0.25) is 4.79 Å². The molecule has 0 spiro atoms. The maximum absolute atomic E-state index is 12.7. The van der Waals surface area contributed by atoms with Gasteiger partial charge in [0.1, 0.15) is 6.04 Å². The summed E-state index contributed by atoms with van der Waals surface area (Å²) in [5.41, 5.74) is 0.129. The van der Waals surface area contributed by atoms with Crippen LogP contribution in [0.5, 0.6) is 0 Å². The quantitative estimate of drug-likeness (QED) is 0.756. The Bertz CT molecular complexity index is 813. The van der Waals surface area contributed by atoms with Crippen LogP contribution in [0.4, 0.5) is 0 Å². The molecule has 1 aliphatic rings. The lowest BCUT2D eigenvalue weighted by molar-refractivity contribution is -0.144. The van der Waals surface area contributed by atoms with Gasteiger partial charge in [0.25, 0.3) is 5.91 Å². The number of hydrogen-bond acceptors (Lipinski definition) is 4. The molecule has 1 saturated heterocycles. The fourth-order valence-corrected chi connectivity index (χ4v) is 3.78. The Balaban J connectivity index is 2.29. The van der Waals surface area contributed by atoms with E-state index in [0.29, 0.717) is 19.4 Å². The van der Waals surface area contributed by atoms with Gasteiger partial charge >= 0.3 is 5.97 Å². The van der Waals surface area contributed by atoms with Crippen LogP contribution in [0.15, 0.2) is 29.2 Å². The van der Waals surface area contributed by atoms with Crippen LogP contribution in [-0.2, 0) is 14.8 Å². The van der Waals surface area contributed by atoms with Gasteiger partial charge in [-0.05, 0) is 37.0 Å². The second kappa shape index (κ2) is 7.68. The molecule has 1 aliphatic heterocycles. The number of carboxylic acids is 1. The molecule has 1 aromatic rings. The number of nitrogens with one attached hydrogen (secondary N) is 1. The smallest absolute Gasteiger partial charge is 0.326 e. The Morgan fingerprint density at radius 2 is 2.16 bits per heavy atom. The molecule has 0 saturated carbocycles. The van der Waals surface area contributed by atoms with Gasteiger partial charge in [-0.25, -0.2) is 13.2 Å². The largest absolute Gasteiger partial charge is 0.480 e. The lowest BCUT2D eigenvalue weighted by Gasteiger charge is -2.36. The number of nitrogens with zero attached hydrogens (tertiary/aromatic N) is 1. The first-order chi connectivity index (χ1) is 11.8. The van der Waals surface area contributed by atoms with Crippen molar-refractivity contribution in [1.29, 1.82) is 0 Å². The number of carboxylic acid groups (broad SMARTS) is 1. The van der Waals surface area contributed by atoms with Crippen molar-refractivity contribution in [2.75, 3.05) is 13.1 Å². The molecule has 1 fully saturated rings. The molecule has 134 valence electrons. The number of benzene rings is 1. The maximum atomic E-state index is 12.7. The number of terminal acetylenes is 1. The number of sulfonamides is 1. The molecule has 8 heteroatoms. The maximum Gasteiger partial charge on any atom is 0.326 e. The van der Waals surface area contributed by atoms with Crippen LogP contribution in [0, 0.1) is 18.3 Å². The SMILES string of the molecule is C#CCNS(=O)(=O)c1cccc(C(=O)N2CCC(C)CC2C(=O)O)c1. The summed E-state index contributed by atoms with van der Waals surface area (Å²) in [5, 5.41) is 9.38. The first-order valence-electron chi connectivity index (χ1n) is 7.83. The summed E-state index contributed by atoms with van der Waals surface area (Å²) in [6.45, 7) is 2.11. The van der Waals surface area contributed by atoms with Crippen LogP contribution in [0.1, 0.15) is 30.1 Å². The van der Waals surface area contributed by atoms with Crippen LogP contribution in [-0.4, -0.2) is 49.4 Å². The fraction of sp³-hybridized carbons (Fsp3) is 0.412. The summed E-state index contributed by atoms with van der Waals surface area (Å²) in [5.74, 6) is 0.839. The number of piperidine rings is 1. The van der Waals surface area contributed by atoms with E-state index in [-0.39, 0.29) is 22.9 Å². The van der Waals surface area contributed by atoms with Crippen molar-refractivity contribution < 1.29 is 23.1 Å². The highest BCUT2D eigenvalue weighted by Crippen LogP contribution is 2.25. The molecule has 2 unspecified atom stereocenters. The first kappa shape index (κ1) is 19.0. The van der Waals surface area contributed by atoms with E-state index in [1.54, 1.807) is 0 Å². The standard InChI is InChI=1S/C17H20N2O5S/c1-3-8-18-25(23,24)14-6-4-5-13(11-14)16(20)19-9-7-12(2)10-15(19)17(21)22/h1,4-6,11-12,15,18H,7-10H2,2H3,(H,21,22). The number of carbonyl (C=O) groups is 2. The zero-order chi connectivity index (χ0) is 18.6. The van der Waals surface area contributed by atoms with E-state index in [1.165, 1.54) is 29.2 Å². The molecule has 2 N–H and O–H groups in total. The van der Waals surface area contributed by atoms with Crippen LogP contribution >= 0.6 is 0 Å². The van der Waals surface area contributed by atoms with E-state index >= 15 is 0 Å². The highest BCUT2D eigenvalue weighted by molar-refractivity contribution is 7.89. The van der Waals surface area contributed by atoms with Crippen LogP contribution in [0.3, 0.4) is 0 Å². The molecule has 2 atom stereocenters. The fourth-order valence-electron chi connectivity index (χ4n) is 2.80. The lowest BCUT2D eigenvalue weighted by atomic mass is 9.92. The topological polar surface area (TPSA) is 104 Å². The molecule has 2 rings (SSSR count). The summed E-state index contributed by atoms with van der Waals surface area (Å²) < 4.78 is 26.5. The van der Waals surface area contributed by atoms with Gasteiger partial charge in [-0.2, -0.15) is 4.72 Å². The number of likely N-dealkylation sites (tertiary alicyclic amines) is 1. The van der Waals surface area contributed by atoms with Crippen molar-refractivity contribution in [2.45, 2.75) is 30.7 Å². The molecule has 0 radical (unpaired) electrons. The number of rotatable bonds is 5. The Kier molecular flexibility index (Phi) is 5.82. The van der Waals surface area contributed by atoms with Gasteiger partial charge in [0, 0.05) is 12.1 Å². The average Bonchev–Trinajstić information content (AvgIpc) is 2.59. The van der Waals surface area contributed by atoms with E-state index in [9.17, 15) is 23.1 Å². The van der Waals surface area contributed by atoms with Crippen LogP contribution in [0.25, 0.3) is 0 Å². The normalized spacial score (nSPS) is 20.7. The Morgan fingerprint density at radius 1 is 1.44 bits per heavy atom. The number of amides is 1. The summed E-state index contributed by atoms with van der Waals surface area (Å²) >= 11 is 0. The second-order valence-electron chi connectivity index (χ2n) is 6.04. The third-order valence-corrected chi connectivity index (χ3v) is 5.57. The minimum absolute atomic E-state index is 0.0918. The third kappa shape index (κ3) is 4.38. The zero-order valence-electron chi connectivity index (χ0n) is 13.8. The molecule has 0 bridgehead atoms. The highest BCUT2D eigenvalue weighted by atomic mass is 32.2. The monoisotopic (exact) mass is 364 g/mol. The van der Waals surface area contributed by atoms with Crippen LogP contribution in [0.2, 0.25) is 0 Å². The van der Waals surface area contributed by atoms with E-state index in [2.05, 4.69) is 10.6 Å². The summed E-state index contributed by atoms with van der Waals surface area (Å²) in [6, 6.07) is 4.59. The first-order valence-corrected chi connectivity index (χ1v) is 9.31. The molecule has 0 aromatic heterocycles. The highest BCUT2D eigenvalue weighted by Gasteiger charge is 2.35. The van der Waals surface area contributed by atoms with Crippen molar-refractivity contribution >= 4 is 21.9 Å². The minimum atomic E-state index is -3.83. The van der Waals surface area contributed by atoms with Crippen molar-refractivity contribution in [2.24, 2.45) is 5.92 Å². The predicted octanol–water partition coefficient (Wildman–Crippen LogP) is 0.923. The van der Waals surface area contributed by atoms with Gasteiger partial charge in [0.2, 0.25) is 10.0 Å². The molecule has 1 amide bonds. The lowest BCUT2D eigenvalue weighted by Crippen LogP contribution is -2.49.